The molecule has 1 spiro atoms. The van der Waals surface area contributed by atoms with Gasteiger partial charge in [-0.2, -0.15) is 0 Å². The molecule has 2 heterocycles. The molecule has 31 heavy (non-hydrogen) atoms. The number of nitrogens with zero attached hydrogens (tertiary/aromatic N) is 1. The van der Waals surface area contributed by atoms with E-state index in [-0.39, 0.29) is 11.7 Å². The standard InChI is InChI=1S/C26H20N2O3/c1-17-11-14-19(15-12-17)24(29)23-22(16-13-18-7-3-2-4-8-18)28-31-26(23)20-9-5-6-10-21(20)27-25(26)30/h2-16,23H,1H3,(H,27,30). The Hall–Kier alpha value is -3.99. The number of rotatable bonds is 4. The molecular weight excluding hydrogens is 388 g/mol. The Labute approximate surface area is 180 Å². The molecule has 5 rings (SSSR count). The van der Waals surface area contributed by atoms with Crippen LogP contribution in [0.2, 0.25) is 0 Å². The van der Waals surface area contributed by atoms with Crippen LogP contribution in [0.15, 0.2) is 90.1 Å². The maximum Gasteiger partial charge on any atom is 0.277 e. The molecular formula is C26H20N2O3. The number of aryl methyl sites for hydroxylation is 1. The minimum atomic E-state index is -1.52. The van der Waals surface area contributed by atoms with Crippen molar-refractivity contribution < 1.29 is 14.4 Å². The smallest absolute Gasteiger partial charge is 0.277 e. The van der Waals surface area contributed by atoms with E-state index in [1.807, 2.05) is 73.7 Å². The Morgan fingerprint density at radius 3 is 2.45 bits per heavy atom. The van der Waals surface area contributed by atoms with Crippen LogP contribution in [-0.2, 0) is 15.2 Å². The van der Waals surface area contributed by atoms with Crippen molar-refractivity contribution >= 4 is 29.2 Å². The number of allylic oxidation sites excluding steroid dienone is 1. The lowest BCUT2D eigenvalue weighted by atomic mass is 9.75. The molecule has 0 fully saturated rings. The SMILES string of the molecule is Cc1ccc(C(=O)C2C(C=Cc3ccccc3)=NOC23C(=O)Nc2ccccc23)cc1. The van der Waals surface area contributed by atoms with Crippen LogP contribution in [0.1, 0.15) is 27.0 Å². The Kier molecular flexibility index (Phi) is 4.51. The molecule has 0 aromatic heterocycles. The number of hydrogen-bond donors (Lipinski definition) is 1. The first-order chi connectivity index (χ1) is 15.1. The molecule has 3 aromatic carbocycles. The largest absolute Gasteiger partial charge is 0.373 e. The van der Waals surface area contributed by atoms with Crippen molar-refractivity contribution in [3.63, 3.8) is 0 Å². The molecule has 1 amide bonds. The number of hydrogen-bond acceptors (Lipinski definition) is 4. The normalized spacial score (nSPS) is 21.6. The monoisotopic (exact) mass is 408 g/mol. The summed E-state index contributed by atoms with van der Waals surface area (Å²) in [6, 6.07) is 24.3. The molecule has 1 N–H and O–H groups in total. The summed E-state index contributed by atoms with van der Waals surface area (Å²) in [7, 11) is 0. The van der Waals surface area contributed by atoms with E-state index in [4.69, 9.17) is 4.84 Å². The third-order valence-electron chi connectivity index (χ3n) is 5.75. The Morgan fingerprint density at radius 2 is 1.68 bits per heavy atom. The quantitative estimate of drug-likeness (QED) is 0.634. The highest BCUT2D eigenvalue weighted by atomic mass is 16.7. The molecule has 0 bridgehead atoms. The van der Waals surface area contributed by atoms with Crippen molar-refractivity contribution in [3.05, 3.63) is 107 Å². The second kappa shape index (κ2) is 7.36. The van der Waals surface area contributed by atoms with Crippen molar-refractivity contribution in [2.45, 2.75) is 12.5 Å². The molecule has 5 nitrogen and oxygen atoms in total. The van der Waals surface area contributed by atoms with Gasteiger partial charge in [0.1, 0.15) is 5.92 Å². The van der Waals surface area contributed by atoms with E-state index >= 15 is 0 Å². The van der Waals surface area contributed by atoms with Crippen LogP contribution in [0.5, 0.6) is 0 Å². The molecule has 5 heteroatoms. The highest BCUT2D eigenvalue weighted by Gasteiger charge is 2.62. The van der Waals surface area contributed by atoms with Crippen LogP contribution in [-0.4, -0.2) is 17.4 Å². The fourth-order valence-electron chi connectivity index (χ4n) is 4.14. The van der Waals surface area contributed by atoms with E-state index in [1.165, 1.54) is 0 Å². The van der Waals surface area contributed by atoms with Crippen LogP contribution in [0.25, 0.3) is 6.08 Å². The van der Waals surface area contributed by atoms with E-state index in [0.717, 1.165) is 11.1 Å². The van der Waals surface area contributed by atoms with E-state index in [1.54, 1.807) is 24.3 Å². The first kappa shape index (κ1) is 19.0. The number of fused-ring (bicyclic) bond motifs is 2. The van der Waals surface area contributed by atoms with Gasteiger partial charge in [-0.15, -0.1) is 0 Å². The summed E-state index contributed by atoms with van der Waals surface area (Å²) < 4.78 is 0. The third-order valence-corrected chi connectivity index (χ3v) is 5.75. The summed E-state index contributed by atoms with van der Waals surface area (Å²) in [6.07, 6.45) is 3.63. The van der Waals surface area contributed by atoms with E-state index in [0.29, 0.717) is 22.5 Å². The van der Waals surface area contributed by atoms with Crippen molar-refractivity contribution in [2.75, 3.05) is 5.32 Å². The van der Waals surface area contributed by atoms with Gasteiger partial charge >= 0.3 is 0 Å². The maximum atomic E-state index is 13.7. The summed E-state index contributed by atoms with van der Waals surface area (Å²) in [6.45, 7) is 1.96. The topological polar surface area (TPSA) is 67.8 Å². The van der Waals surface area contributed by atoms with Crippen molar-refractivity contribution in [1.82, 2.24) is 0 Å². The molecule has 3 aromatic rings. The number of benzene rings is 3. The first-order valence-electron chi connectivity index (χ1n) is 10.1. The van der Waals surface area contributed by atoms with Gasteiger partial charge in [0.05, 0.1) is 5.71 Å². The second-order valence-corrected chi connectivity index (χ2v) is 7.75. The zero-order valence-electron chi connectivity index (χ0n) is 16.9. The number of amides is 1. The van der Waals surface area contributed by atoms with Gasteiger partial charge in [0.2, 0.25) is 0 Å². The number of anilines is 1. The zero-order chi connectivity index (χ0) is 21.4. The Bertz CT molecular complexity index is 1230. The Balaban J connectivity index is 1.61. The van der Waals surface area contributed by atoms with Gasteiger partial charge in [0, 0.05) is 16.8 Å². The lowest BCUT2D eigenvalue weighted by Gasteiger charge is -2.26. The molecule has 2 unspecified atom stereocenters. The molecule has 0 aliphatic carbocycles. The van der Waals surface area contributed by atoms with Gasteiger partial charge in [-0.25, -0.2) is 0 Å². The van der Waals surface area contributed by atoms with Gasteiger partial charge in [-0.1, -0.05) is 89.6 Å². The van der Waals surface area contributed by atoms with Crippen LogP contribution >= 0.6 is 0 Å². The number of oxime groups is 1. The third kappa shape index (κ3) is 3.06. The molecule has 0 radical (unpaired) electrons. The summed E-state index contributed by atoms with van der Waals surface area (Å²) in [5, 5.41) is 7.09. The highest BCUT2D eigenvalue weighted by molar-refractivity contribution is 6.23. The maximum absolute atomic E-state index is 13.7. The summed E-state index contributed by atoms with van der Waals surface area (Å²) in [4.78, 5) is 32.7. The number of carbonyl (C=O) groups excluding carboxylic acids is 2. The van der Waals surface area contributed by atoms with Gasteiger partial charge in [-0.3, -0.25) is 9.59 Å². The zero-order valence-corrected chi connectivity index (χ0v) is 16.9. The number of nitrogens with one attached hydrogen (secondary N) is 1. The minimum Gasteiger partial charge on any atom is -0.373 e. The van der Waals surface area contributed by atoms with Crippen molar-refractivity contribution in [2.24, 2.45) is 11.1 Å². The molecule has 2 atom stereocenters. The van der Waals surface area contributed by atoms with Crippen molar-refractivity contribution in [3.8, 4) is 0 Å². The first-order valence-corrected chi connectivity index (χ1v) is 10.1. The van der Waals surface area contributed by atoms with E-state index < -0.39 is 11.5 Å². The van der Waals surface area contributed by atoms with Crippen LogP contribution < -0.4 is 5.32 Å². The number of para-hydroxylation sites is 1. The van der Waals surface area contributed by atoms with Crippen LogP contribution in [0.4, 0.5) is 5.69 Å². The van der Waals surface area contributed by atoms with Crippen LogP contribution in [0.3, 0.4) is 0 Å². The number of Topliss-reactive ketones (excluding diaryl/α,β-unsaturated/α-hetero) is 1. The minimum absolute atomic E-state index is 0.208. The predicted molar refractivity (Wildman–Crippen MR) is 120 cm³/mol. The molecule has 2 aliphatic heterocycles. The Morgan fingerprint density at radius 1 is 0.968 bits per heavy atom. The molecule has 0 saturated carbocycles. The summed E-state index contributed by atoms with van der Waals surface area (Å²) >= 11 is 0. The van der Waals surface area contributed by atoms with Gasteiger partial charge in [0.25, 0.3) is 11.5 Å². The number of carbonyl (C=O) groups is 2. The summed E-state index contributed by atoms with van der Waals surface area (Å²) in [5.74, 6) is -1.49. The van der Waals surface area contributed by atoms with Gasteiger partial charge < -0.3 is 10.2 Å². The van der Waals surface area contributed by atoms with Gasteiger partial charge in [0.15, 0.2) is 5.78 Å². The lowest BCUT2D eigenvalue weighted by molar-refractivity contribution is -0.140. The number of ketones is 1. The lowest BCUT2D eigenvalue weighted by Crippen LogP contribution is -2.46. The fourth-order valence-corrected chi connectivity index (χ4v) is 4.14. The van der Waals surface area contributed by atoms with Gasteiger partial charge in [-0.05, 0) is 24.6 Å². The van der Waals surface area contributed by atoms with Crippen molar-refractivity contribution in [1.29, 1.82) is 0 Å². The molecule has 152 valence electrons. The molecule has 2 aliphatic rings. The van der Waals surface area contributed by atoms with Crippen LogP contribution in [0, 0.1) is 12.8 Å². The van der Waals surface area contributed by atoms with E-state index in [2.05, 4.69) is 10.5 Å². The van der Waals surface area contributed by atoms with E-state index in [9.17, 15) is 9.59 Å². The second-order valence-electron chi connectivity index (χ2n) is 7.75. The highest BCUT2D eigenvalue weighted by Crippen LogP contribution is 2.49. The summed E-state index contributed by atoms with van der Waals surface area (Å²) in [5.41, 5.74) is 2.68. The fraction of sp³-hybridized carbons (Fsp3) is 0.115. The average Bonchev–Trinajstić information content (AvgIpc) is 3.32. The predicted octanol–water partition coefficient (Wildman–Crippen LogP) is 4.74. The molecule has 0 saturated heterocycles. The average molecular weight is 408 g/mol.